The van der Waals surface area contributed by atoms with E-state index in [-0.39, 0.29) is 29.8 Å². The van der Waals surface area contributed by atoms with Crippen LogP contribution in [0.3, 0.4) is 0 Å². The Kier molecular flexibility index (Phi) is 5.57. The Morgan fingerprint density at radius 3 is 2.69 bits per heavy atom. The predicted octanol–water partition coefficient (Wildman–Crippen LogP) is -0.448. The maximum atomic E-state index is 13.4. The molecule has 1 fully saturated rings. The number of hydrogen-bond donors (Lipinski definition) is 0. The topological polar surface area (TPSA) is 66.3 Å². The number of fused-ring (bicyclic) bond motifs is 1. The second kappa shape index (κ2) is 7.96. The van der Waals surface area contributed by atoms with E-state index in [9.17, 15) is 18.0 Å². The molecule has 0 bridgehead atoms. The Morgan fingerprint density at radius 1 is 1.28 bits per heavy atom. The summed E-state index contributed by atoms with van der Waals surface area (Å²) in [6, 6.07) is 10.5. The largest absolute Gasteiger partial charge is 1.00 e. The van der Waals surface area contributed by atoms with Crippen LogP contribution in [0.25, 0.3) is 11.2 Å². The van der Waals surface area contributed by atoms with Crippen molar-refractivity contribution in [2.45, 2.75) is 18.0 Å². The van der Waals surface area contributed by atoms with Crippen molar-refractivity contribution >= 4 is 5.52 Å². The molecule has 0 aliphatic carbocycles. The second-order valence-electron chi connectivity index (χ2n) is 7.75. The summed E-state index contributed by atoms with van der Waals surface area (Å²) in [7, 11) is 1.86. The molecular weight excluding hydrogens is 418 g/mol. The minimum Gasteiger partial charge on any atom is -0.379 e. The van der Waals surface area contributed by atoms with Gasteiger partial charge in [-0.1, -0.05) is 23.9 Å². The zero-order chi connectivity index (χ0) is 21.8. The number of aryl methyl sites for hydroxylation is 1. The summed E-state index contributed by atoms with van der Waals surface area (Å²) in [5.74, 6) is 0.797. The number of nitrogens with zero attached hydrogens (tertiary/aromatic N) is 5. The molecule has 7 nitrogen and oxygen atoms in total. The summed E-state index contributed by atoms with van der Waals surface area (Å²) >= 11 is 0. The summed E-state index contributed by atoms with van der Waals surface area (Å²) in [4.78, 5) is 12.8. The Labute approximate surface area is 192 Å². The third-order valence-electron chi connectivity index (χ3n) is 5.73. The second-order valence-corrected chi connectivity index (χ2v) is 7.75. The molecule has 1 aliphatic rings. The van der Waals surface area contributed by atoms with Crippen LogP contribution in [0.5, 0.6) is 0 Å². The van der Waals surface area contributed by atoms with E-state index < -0.39 is 17.4 Å². The molecule has 0 saturated carbocycles. The molecule has 5 rings (SSSR count). The first kappa shape index (κ1) is 22.4. The molecule has 0 spiro atoms. The number of halogens is 3. The number of aromatic nitrogens is 5. The van der Waals surface area contributed by atoms with Crippen LogP contribution in [0.4, 0.5) is 13.2 Å². The van der Waals surface area contributed by atoms with E-state index in [0.29, 0.717) is 25.3 Å². The number of alkyl halides is 3. The molecule has 160 valence electrons. The van der Waals surface area contributed by atoms with Crippen molar-refractivity contribution in [2.75, 3.05) is 13.2 Å². The smallest absolute Gasteiger partial charge is 0.379 e. The van der Waals surface area contributed by atoms with Crippen LogP contribution in [-0.2, 0) is 29.8 Å². The van der Waals surface area contributed by atoms with Crippen LogP contribution in [0.15, 0.2) is 53.8 Å². The van der Waals surface area contributed by atoms with E-state index in [2.05, 4.69) is 16.3 Å². The van der Waals surface area contributed by atoms with Crippen molar-refractivity contribution < 1.29 is 36.8 Å². The molecule has 0 amide bonds. The monoisotopic (exact) mass is 435 g/mol. The van der Waals surface area contributed by atoms with Gasteiger partial charge >= 0.3 is 30.7 Å². The van der Waals surface area contributed by atoms with Crippen molar-refractivity contribution in [3.8, 4) is 5.69 Å². The van der Waals surface area contributed by atoms with Gasteiger partial charge in [0.05, 0.1) is 18.9 Å². The summed E-state index contributed by atoms with van der Waals surface area (Å²) in [6.07, 6.45) is 0.0491. The van der Waals surface area contributed by atoms with E-state index in [1.165, 1.54) is 17.0 Å². The van der Waals surface area contributed by atoms with Gasteiger partial charge in [-0.2, -0.15) is 13.2 Å². The van der Waals surface area contributed by atoms with Gasteiger partial charge in [-0.3, -0.25) is 4.57 Å². The number of rotatable bonds is 4. The number of pyridine rings is 1. The molecule has 32 heavy (non-hydrogen) atoms. The zero-order valence-corrected chi connectivity index (χ0v) is 17.4. The van der Waals surface area contributed by atoms with Gasteiger partial charge in [0.2, 0.25) is 0 Å². The van der Waals surface area contributed by atoms with Crippen molar-refractivity contribution in [1.82, 2.24) is 23.7 Å². The quantitative estimate of drug-likeness (QED) is 0.322. The van der Waals surface area contributed by atoms with Crippen molar-refractivity contribution in [3.05, 3.63) is 82.6 Å². The third-order valence-corrected chi connectivity index (χ3v) is 5.73. The first-order valence-corrected chi connectivity index (χ1v) is 9.51. The summed E-state index contributed by atoms with van der Waals surface area (Å²) < 4.78 is 49.6. The number of imidazole rings is 1. The zero-order valence-electron chi connectivity index (χ0n) is 17.4. The van der Waals surface area contributed by atoms with Crippen LogP contribution in [-0.4, -0.2) is 36.9 Å². The van der Waals surface area contributed by atoms with Gasteiger partial charge < -0.3 is 13.7 Å². The molecular formula is C21H17F3LiN5O2. The molecule has 1 saturated heterocycles. The predicted molar refractivity (Wildman–Crippen MR) is 104 cm³/mol. The maximum Gasteiger partial charge on any atom is 1.00 e. The Bertz CT molecular complexity index is 1340. The van der Waals surface area contributed by atoms with Gasteiger partial charge in [-0.15, -0.1) is 10.2 Å². The summed E-state index contributed by atoms with van der Waals surface area (Å²) in [6.45, 7) is 0.951. The van der Waals surface area contributed by atoms with E-state index in [4.69, 9.17) is 4.74 Å². The molecule has 0 N–H and O–H groups in total. The van der Waals surface area contributed by atoms with Gasteiger partial charge in [0, 0.05) is 25.1 Å². The fraction of sp³-hybridized carbons (Fsp3) is 0.286. The van der Waals surface area contributed by atoms with E-state index in [0.717, 1.165) is 21.9 Å². The summed E-state index contributed by atoms with van der Waals surface area (Å²) in [5, 5.41) is 8.07. The van der Waals surface area contributed by atoms with Crippen LogP contribution in [0, 0.1) is 6.07 Å². The molecule has 11 heteroatoms. The van der Waals surface area contributed by atoms with E-state index in [1.807, 2.05) is 23.7 Å². The fourth-order valence-electron chi connectivity index (χ4n) is 3.94. The number of benzene rings is 1. The van der Waals surface area contributed by atoms with Gasteiger partial charge in [-0.05, 0) is 23.2 Å². The number of ether oxygens (including phenoxy) is 1. The Balaban J connectivity index is 0.00000245. The SMILES string of the molecule is Cn1cnnc1CC1(c2cccc(-n3cc4c(C(F)(F)F)c[c-]cn4c3=O)c2)COC1.[Li+]. The maximum absolute atomic E-state index is 13.4. The Morgan fingerprint density at radius 2 is 2.06 bits per heavy atom. The van der Waals surface area contributed by atoms with Gasteiger partial charge in [-0.25, -0.2) is 16.9 Å². The van der Waals surface area contributed by atoms with Crippen LogP contribution in [0.1, 0.15) is 17.0 Å². The fourth-order valence-corrected chi connectivity index (χ4v) is 3.94. The molecule has 1 aliphatic heterocycles. The van der Waals surface area contributed by atoms with E-state index in [1.54, 1.807) is 18.5 Å². The first-order chi connectivity index (χ1) is 14.8. The van der Waals surface area contributed by atoms with Crippen molar-refractivity contribution in [3.63, 3.8) is 0 Å². The normalized spacial score (nSPS) is 15.4. The number of hydrogen-bond acceptors (Lipinski definition) is 4. The van der Waals surface area contributed by atoms with Gasteiger partial charge in [0.15, 0.2) is 0 Å². The minimum atomic E-state index is -4.59. The molecule has 0 radical (unpaired) electrons. The molecule has 3 aromatic heterocycles. The standard InChI is InChI=1S/C21H17F3N5O2.Li/c1-27-13-25-26-18(27)9-20(11-31-12-20)14-4-2-5-15(8-14)29-10-17-16(21(22,23)24)6-3-7-28(17)19(29)30;/h2,4-8,10,13H,9,11-12H2,1H3;/q-1;+1. The molecule has 4 heterocycles. The summed E-state index contributed by atoms with van der Waals surface area (Å²) in [5.41, 5.74) is -0.672. The van der Waals surface area contributed by atoms with E-state index >= 15 is 0 Å². The molecule has 4 aromatic rings. The minimum absolute atomic E-state index is 0. The molecule has 0 atom stereocenters. The van der Waals surface area contributed by atoms with Crippen LogP contribution < -0.4 is 24.6 Å². The molecule has 1 aromatic carbocycles. The Hall–Kier alpha value is -2.80. The van der Waals surface area contributed by atoms with Crippen LogP contribution in [0.2, 0.25) is 0 Å². The average molecular weight is 435 g/mol. The van der Waals surface area contributed by atoms with Crippen LogP contribution >= 0.6 is 0 Å². The van der Waals surface area contributed by atoms with Gasteiger partial charge in [0.25, 0.3) is 0 Å². The van der Waals surface area contributed by atoms with Crippen molar-refractivity contribution in [1.29, 1.82) is 0 Å². The van der Waals surface area contributed by atoms with Gasteiger partial charge in [0.1, 0.15) is 12.2 Å². The first-order valence-electron chi connectivity index (χ1n) is 9.51. The van der Waals surface area contributed by atoms with Crippen molar-refractivity contribution in [2.24, 2.45) is 7.05 Å². The molecule has 0 unspecified atom stereocenters. The third kappa shape index (κ3) is 3.58. The average Bonchev–Trinajstić information content (AvgIpc) is 3.27.